The van der Waals surface area contributed by atoms with Gasteiger partial charge in [-0.25, -0.2) is 0 Å². The van der Waals surface area contributed by atoms with E-state index in [0.717, 1.165) is 6.42 Å². The van der Waals surface area contributed by atoms with Crippen LogP contribution in [0.5, 0.6) is 0 Å². The maximum Gasteiger partial charge on any atom is 0.0641 e. The molecule has 5 unspecified atom stereocenters. The lowest BCUT2D eigenvalue weighted by atomic mass is 9.80. The van der Waals surface area contributed by atoms with Crippen LogP contribution in [0.4, 0.5) is 0 Å². The molecule has 2 heteroatoms. The van der Waals surface area contributed by atoms with Gasteiger partial charge in [-0.2, -0.15) is 0 Å². The van der Waals surface area contributed by atoms with Gasteiger partial charge in [0, 0.05) is 5.92 Å². The Labute approximate surface area is 135 Å². The molecule has 1 heterocycles. The quantitative estimate of drug-likeness (QED) is 0.647. The number of hydrogen-bond donors (Lipinski definition) is 0. The molecule has 0 spiro atoms. The monoisotopic (exact) mass is 308 g/mol. The summed E-state index contributed by atoms with van der Waals surface area (Å²) in [5, 5.41) is 0.0266. The molecule has 0 amide bonds. The number of halogens is 1. The standard InChI is InChI=1S/C19H29ClO/c1-7-19(5,6)16-10-8-15(9-11-16)18(20)17-12(2)13(3)21-14(17)4/h8-14,17-18H,7H2,1-6H3. The largest absolute Gasteiger partial charge is 0.375 e. The van der Waals surface area contributed by atoms with Crippen LogP contribution in [0.1, 0.15) is 64.5 Å². The highest BCUT2D eigenvalue weighted by Crippen LogP contribution is 2.44. The second kappa shape index (κ2) is 6.30. The molecule has 1 aromatic rings. The summed E-state index contributed by atoms with van der Waals surface area (Å²) in [6, 6.07) is 8.88. The Hall–Kier alpha value is -0.530. The molecule has 118 valence electrons. The zero-order chi connectivity index (χ0) is 15.8. The number of ether oxygens (including phenoxy) is 1. The number of hydrogen-bond acceptors (Lipinski definition) is 1. The van der Waals surface area contributed by atoms with Gasteiger partial charge in [-0.1, -0.05) is 52.0 Å². The number of rotatable bonds is 4. The van der Waals surface area contributed by atoms with E-state index in [0.29, 0.717) is 17.9 Å². The van der Waals surface area contributed by atoms with Crippen LogP contribution in [0.25, 0.3) is 0 Å². The van der Waals surface area contributed by atoms with Crippen LogP contribution in [-0.4, -0.2) is 12.2 Å². The second-order valence-corrected chi connectivity index (χ2v) is 7.71. The van der Waals surface area contributed by atoms with Gasteiger partial charge in [0.05, 0.1) is 17.6 Å². The maximum absolute atomic E-state index is 6.79. The average molecular weight is 309 g/mol. The summed E-state index contributed by atoms with van der Waals surface area (Å²) in [5.74, 6) is 0.876. The number of alkyl halides is 1. The Balaban J connectivity index is 2.19. The fourth-order valence-corrected chi connectivity index (χ4v) is 3.92. The first-order valence-corrected chi connectivity index (χ1v) is 8.61. The van der Waals surface area contributed by atoms with Crippen LogP contribution < -0.4 is 0 Å². The van der Waals surface area contributed by atoms with Gasteiger partial charge in [0.1, 0.15) is 0 Å². The van der Waals surface area contributed by atoms with E-state index >= 15 is 0 Å². The van der Waals surface area contributed by atoms with Crippen LogP contribution >= 0.6 is 11.6 Å². The third-order valence-electron chi connectivity index (χ3n) is 5.55. The molecule has 5 atom stereocenters. The van der Waals surface area contributed by atoms with E-state index < -0.39 is 0 Å². The smallest absolute Gasteiger partial charge is 0.0641 e. The Kier molecular flexibility index (Phi) is 5.05. The van der Waals surface area contributed by atoms with Crippen molar-refractivity contribution in [2.24, 2.45) is 11.8 Å². The molecule has 1 fully saturated rings. The highest BCUT2D eigenvalue weighted by Gasteiger charge is 2.41. The topological polar surface area (TPSA) is 9.23 Å². The van der Waals surface area contributed by atoms with Crippen LogP contribution in [0.3, 0.4) is 0 Å². The van der Waals surface area contributed by atoms with Gasteiger partial charge in [0.2, 0.25) is 0 Å². The number of benzene rings is 1. The molecule has 0 bridgehead atoms. The lowest BCUT2D eigenvalue weighted by Crippen LogP contribution is -2.22. The van der Waals surface area contributed by atoms with E-state index in [9.17, 15) is 0 Å². The van der Waals surface area contributed by atoms with Crippen molar-refractivity contribution in [2.75, 3.05) is 0 Å². The zero-order valence-corrected chi connectivity index (χ0v) is 14.9. The van der Waals surface area contributed by atoms with Crippen LogP contribution in [0, 0.1) is 11.8 Å². The van der Waals surface area contributed by atoms with Crippen molar-refractivity contribution in [1.29, 1.82) is 0 Å². The minimum absolute atomic E-state index is 0.0266. The fourth-order valence-electron chi connectivity index (χ4n) is 3.34. The predicted molar refractivity (Wildman–Crippen MR) is 91.0 cm³/mol. The summed E-state index contributed by atoms with van der Waals surface area (Å²) in [5.41, 5.74) is 2.83. The Bertz CT molecular complexity index is 465. The Morgan fingerprint density at radius 2 is 1.67 bits per heavy atom. The fraction of sp³-hybridized carbons (Fsp3) is 0.684. The van der Waals surface area contributed by atoms with E-state index in [2.05, 4.69) is 65.8 Å². The zero-order valence-electron chi connectivity index (χ0n) is 14.2. The first kappa shape index (κ1) is 16.8. The van der Waals surface area contributed by atoms with Crippen LogP contribution in [0.2, 0.25) is 0 Å². The second-order valence-electron chi connectivity index (χ2n) is 7.24. The highest BCUT2D eigenvalue weighted by atomic mass is 35.5. The van der Waals surface area contributed by atoms with Crippen molar-refractivity contribution in [3.05, 3.63) is 35.4 Å². The molecule has 1 aromatic carbocycles. The van der Waals surface area contributed by atoms with Gasteiger partial charge < -0.3 is 4.74 Å². The lowest BCUT2D eigenvalue weighted by Gasteiger charge is -2.26. The molecule has 1 saturated heterocycles. The molecule has 1 aliphatic rings. The van der Waals surface area contributed by atoms with Gasteiger partial charge in [-0.3, -0.25) is 0 Å². The third kappa shape index (κ3) is 3.29. The molecule has 0 aliphatic carbocycles. The van der Waals surface area contributed by atoms with Crippen LogP contribution in [0.15, 0.2) is 24.3 Å². The molecule has 0 N–H and O–H groups in total. The minimum Gasteiger partial charge on any atom is -0.375 e. The van der Waals surface area contributed by atoms with E-state index in [1.807, 2.05) is 0 Å². The van der Waals surface area contributed by atoms with Crippen molar-refractivity contribution in [2.45, 2.75) is 71.0 Å². The Morgan fingerprint density at radius 3 is 2.10 bits per heavy atom. The summed E-state index contributed by atoms with van der Waals surface area (Å²) < 4.78 is 5.94. The molecule has 2 rings (SSSR count). The normalized spacial score (nSPS) is 31.4. The molecule has 0 saturated carbocycles. The van der Waals surface area contributed by atoms with E-state index in [1.54, 1.807) is 0 Å². The molecule has 1 aliphatic heterocycles. The molecular formula is C19H29ClO. The van der Waals surface area contributed by atoms with Crippen molar-refractivity contribution in [3.8, 4) is 0 Å². The van der Waals surface area contributed by atoms with Gasteiger partial charge in [0.25, 0.3) is 0 Å². The summed E-state index contributed by atoms with van der Waals surface area (Å²) >= 11 is 6.79. The molecule has 1 nitrogen and oxygen atoms in total. The molecule has 0 aromatic heterocycles. The average Bonchev–Trinajstić information content (AvgIpc) is 2.71. The maximum atomic E-state index is 6.79. The lowest BCUT2D eigenvalue weighted by molar-refractivity contribution is 0.0508. The van der Waals surface area contributed by atoms with E-state index in [1.165, 1.54) is 11.1 Å². The highest BCUT2D eigenvalue weighted by molar-refractivity contribution is 6.21. The van der Waals surface area contributed by atoms with E-state index in [4.69, 9.17) is 16.3 Å². The van der Waals surface area contributed by atoms with Crippen molar-refractivity contribution >= 4 is 11.6 Å². The Morgan fingerprint density at radius 1 is 1.10 bits per heavy atom. The third-order valence-corrected chi connectivity index (χ3v) is 6.09. The summed E-state index contributed by atoms with van der Waals surface area (Å²) in [6.45, 7) is 13.4. The molecule has 0 radical (unpaired) electrons. The van der Waals surface area contributed by atoms with Gasteiger partial charge >= 0.3 is 0 Å². The van der Waals surface area contributed by atoms with Gasteiger partial charge in [-0.15, -0.1) is 11.6 Å². The summed E-state index contributed by atoms with van der Waals surface area (Å²) in [7, 11) is 0. The van der Waals surface area contributed by atoms with E-state index in [-0.39, 0.29) is 16.9 Å². The summed E-state index contributed by atoms with van der Waals surface area (Å²) in [6.07, 6.45) is 1.66. The molecular weight excluding hydrogens is 280 g/mol. The van der Waals surface area contributed by atoms with Crippen molar-refractivity contribution < 1.29 is 4.74 Å². The predicted octanol–water partition coefficient (Wildman–Crippen LogP) is 5.71. The van der Waals surface area contributed by atoms with Crippen molar-refractivity contribution in [1.82, 2.24) is 0 Å². The van der Waals surface area contributed by atoms with Crippen molar-refractivity contribution in [3.63, 3.8) is 0 Å². The first-order valence-electron chi connectivity index (χ1n) is 8.18. The van der Waals surface area contributed by atoms with Gasteiger partial charge in [0.15, 0.2) is 0 Å². The summed E-state index contributed by atoms with van der Waals surface area (Å²) in [4.78, 5) is 0. The van der Waals surface area contributed by atoms with Crippen LogP contribution in [-0.2, 0) is 10.2 Å². The minimum atomic E-state index is 0.0266. The first-order chi connectivity index (χ1) is 9.77. The molecule has 21 heavy (non-hydrogen) atoms. The SMILES string of the molecule is CCC(C)(C)c1ccc(C(Cl)C2C(C)OC(C)C2C)cc1. The van der Waals surface area contributed by atoms with Gasteiger partial charge in [-0.05, 0) is 42.7 Å².